The molecular weight excluding hydrogens is 248 g/mol. The fourth-order valence-corrected chi connectivity index (χ4v) is 2.53. The molecule has 0 aromatic rings. The van der Waals surface area contributed by atoms with Gasteiger partial charge in [0, 0.05) is 6.08 Å². The molecule has 4 nitrogen and oxygen atoms in total. The van der Waals surface area contributed by atoms with Crippen molar-refractivity contribution in [3.63, 3.8) is 0 Å². The molecule has 0 aliphatic heterocycles. The van der Waals surface area contributed by atoms with E-state index in [0.29, 0.717) is 6.29 Å². The van der Waals surface area contributed by atoms with Crippen LogP contribution in [-0.2, 0) is 18.8 Å². The zero-order chi connectivity index (χ0) is 14.6. The maximum atomic E-state index is 12.0. The molecule has 104 valence electrons. The average Bonchev–Trinajstić information content (AvgIpc) is 2.22. The molecule has 0 aliphatic carbocycles. The van der Waals surface area contributed by atoms with Crippen molar-refractivity contribution in [2.24, 2.45) is 0 Å². The number of ether oxygens (including phenoxy) is 1. The Labute approximate surface area is 110 Å². The van der Waals surface area contributed by atoms with Gasteiger partial charge in [0.2, 0.25) is 5.78 Å². The lowest BCUT2D eigenvalue weighted by molar-refractivity contribution is -0.125. The van der Waals surface area contributed by atoms with Crippen molar-refractivity contribution in [2.45, 2.75) is 51.9 Å². The molecule has 0 aromatic heterocycles. The van der Waals surface area contributed by atoms with E-state index in [1.54, 1.807) is 6.92 Å². The Morgan fingerprint density at radius 3 is 2.11 bits per heavy atom. The molecule has 0 saturated heterocycles. The van der Waals surface area contributed by atoms with Crippen molar-refractivity contribution in [3.05, 3.63) is 11.8 Å². The normalized spacial score (nSPS) is 15.2. The largest absolute Gasteiger partial charge is 0.493 e. The standard InChI is InChI=1S/C13H24O4Si/c1-10(12(15)11(16-5)8-9-14)17-18(6,7)13(2,3)4/h8-10H,1-7H3/b11-8+/t10-/m0/s1. The number of methoxy groups -OCH3 is 1. The highest BCUT2D eigenvalue weighted by Crippen LogP contribution is 2.37. The van der Waals surface area contributed by atoms with Gasteiger partial charge in [-0.1, -0.05) is 20.8 Å². The lowest BCUT2D eigenvalue weighted by Crippen LogP contribution is -2.45. The molecule has 0 N–H and O–H groups in total. The lowest BCUT2D eigenvalue weighted by Gasteiger charge is -2.38. The van der Waals surface area contributed by atoms with Crippen molar-refractivity contribution in [2.75, 3.05) is 7.11 Å². The van der Waals surface area contributed by atoms with Crippen LogP contribution in [0.1, 0.15) is 27.7 Å². The summed E-state index contributed by atoms with van der Waals surface area (Å²) in [7, 11) is -0.637. The molecular formula is C13H24O4Si. The summed E-state index contributed by atoms with van der Waals surface area (Å²) in [4.78, 5) is 22.4. The minimum atomic E-state index is -2.00. The number of Topliss-reactive ketones (excluding diaryl/α,β-unsaturated/α-hetero) is 1. The monoisotopic (exact) mass is 272 g/mol. The number of carbonyl (C=O) groups excluding carboxylic acids is 2. The van der Waals surface area contributed by atoms with Gasteiger partial charge in [-0.2, -0.15) is 0 Å². The highest BCUT2D eigenvalue weighted by molar-refractivity contribution is 6.74. The summed E-state index contributed by atoms with van der Waals surface area (Å²) < 4.78 is 10.8. The minimum absolute atomic E-state index is 0.0309. The van der Waals surface area contributed by atoms with E-state index < -0.39 is 14.4 Å². The molecule has 0 saturated carbocycles. The molecule has 5 heteroatoms. The molecule has 18 heavy (non-hydrogen) atoms. The van der Waals surface area contributed by atoms with Crippen LogP contribution in [0.25, 0.3) is 0 Å². The van der Waals surface area contributed by atoms with Gasteiger partial charge >= 0.3 is 0 Å². The third kappa shape index (κ3) is 4.38. The second-order valence-corrected chi connectivity index (χ2v) is 10.5. The Morgan fingerprint density at radius 1 is 1.28 bits per heavy atom. The van der Waals surface area contributed by atoms with E-state index in [-0.39, 0.29) is 16.6 Å². The molecule has 1 atom stereocenters. The summed E-state index contributed by atoms with van der Waals surface area (Å²) in [6.45, 7) is 12.2. The van der Waals surface area contributed by atoms with Gasteiger partial charge in [0.1, 0.15) is 12.4 Å². The van der Waals surface area contributed by atoms with Crippen molar-refractivity contribution in [3.8, 4) is 0 Å². The molecule has 0 spiro atoms. The highest BCUT2D eigenvalue weighted by atomic mass is 28.4. The molecule has 0 radical (unpaired) electrons. The van der Waals surface area contributed by atoms with Gasteiger partial charge in [0.05, 0.1) is 7.11 Å². The maximum Gasteiger partial charge on any atom is 0.224 e. The van der Waals surface area contributed by atoms with E-state index in [4.69, 9.17) is 9.16 Å². The number of carbonyl (C=O) groups is 2. The molecule has 0 rings (SSSR count). The average molecular weight is 272 g/mol. The molecule has 0 unspecified atom stereocenters. The van der Waals surface area contributed by atoms with Crippen LogP contribution in [0, 0.1) is 0 Å². The Balaban J connectivity index is 4.88. The van der Waals surface area contributed by atoms with Crippen LogP contribution in [0.2, 0.25) is 18.1 Å². The second-order valence-electron chi connectivity index (χ2n) is 5.76. The number of rotatable bonds is 6. The predicted molar refractivity (Wildman–Crippen MR) is 73.9 cm³/mol. The topological polar surface area (TPSA) is 52.6 Å². The van der Waals surface area contributed by atoms with E-state index >= 15 is 0 Å². The zero-order valence-corrected chi connectivity index (χ0v) is 13.4. The summed E-state index contributed by atoms with van der Waals surface area (Å²) in [6.07, 6.45) is 1.06. The van der Waals surface area contributed by atoms with Crippen LogP contribution in [0.3, 0.4) is 0 Å². The molecule has 0 fully saturated rings. The predicted octanol–water partition coefficient (Wildman–Crippen LogP) is 2.70. The van der Waals surface area contributed by atoms with E-state index in [9.17, 15) is 9.59 Å². The Hall–Kier alpha value is -0.943. The molecule has 0 amide bonds. The number of aldehydes is 1. The van der Waals surface area contributed by atoms with Gasteiger partial charge in [0.15, 0.2) is 14.1 Å². The highest BCUT2D eigenvalue weighted by Gasteiger charge is 2.40. The van der Waals surface area contributed by atoms with E-state index in [1.807, 2.05) is 0 Å². The lowest BCUT2D eigenvalue weighted by atomic mass is 10.2. The van der Waals surface area contributed by atoms with Crippen LogP contribution >= 0.6 is 0 Å². The first-order chi connectivity index (χ1) is 8.06. The van der Waals surface area contributed by atoms with Crippen LogP contribution in [0.4, 0.5) is 0 Å². The summed E-state index contributed by atoms with van der Waals surface area (Å²) >= 11 is 0. The fraction of sp³-hybridized carbons (Fsp3) is 0.692. The maximum absolute atomic E-state index is 12.0. The summed E-state index contributed by atoms with van der Waals surface area (Å²) in [5.41, 5.74) is 0. The van der Waals surface area contributed by atoms with Gasteiger partial charge in [-0.25, -0.2) is 0 Å². The summed E-state index contributed by atoms with van der Waals surface area (Å²) in [5.74, 6) is -0.259. The number of ketones is 1. The van der Waals surface area contributed by atoms with Crippen LogP contribution in [-0.4, -0.2) is 33.6 Å². The molecule has 0 aliphatic rings. The van der Waals surface area contributed by atoms with Crippen molar-refractivity contribution < 1.29 is 18.8 Å². The summed E-state index contributed by atoms with van der Waals surface area (Å²) in [6, 6.07) is 0. The number of hydrogen-bond acceptors (Lipinski definition) is 4. The molecule has 0 bridgehead atoms. The fourth-order valence-electron chi connectivity index (χ4n) is 1.19. The first-order valence-electron chi connectivity index (χ1n) is 5.98. The molecule has 0 heterocycles. The van der Waals surface area contributed by atoms with Crippen LogP contribution in [0.15, 0.2) is 11.8 Å². The third-order valence-corrected chi connectivity index (χ3v) is 7.88. The number of hydrogen-bond donors (Lipinski definition) is 0. The van der Waals surface area contributed by atoms with Gasteiger partial charge in [-0.15, -0.1) is 0 Å². The quantitative estimate of drug-likeness (QED) is 0.323. The Bertz CT molecular complexity index is 339. The van der Waals surface area contributed by atoms with Crippen molar-refractivity contribution in [1.82, 2.24) is 0 Å². The van der Waals surface area contributed by atoms with Crippen molar-refractivity contribution >= 4 is 20.4 Å². The zero-order valence-electron chi connectivity index (χ0n) is 12.4. The SMILES string of the molecule is CO/C(=C/C=O)C(=O)[C@H](C)O[Si](C)(C)C(C)(C)C. The Morgan fingerprint density at radius 2 is 1.78 bits per heavy atom. The number of allylic oxidation sites excluding steroid dienone is 1. The van der Waals surface area contributed by atoms with E-state index in [1.165, 1.54) is 7.11 Å². The first kappa shape index (κ1) is 17.1. The Kier molecular flexibility index (Phi) is 5.96. The molecule has 0 aromatic carbocycles. The van der Waals surface area contributed by atoms with Crippen LogP contribution in [0.5, 0.6) is 0 Å². The second kappa shape index (κ2) is 6.29. The van der Waals surface area contributed by atoms with Gasteiger partial charge in [-0.05, 0) is 25.1 Å². The van der Waals surface area contributed by atoms with Gasteiger partial charge in [-0.3, -0.25) is 9.59 Å². The van der Waals surface area contributed by atoms with Gasteiger partial charge in [0.25, 0.3) is 0 Å². The van der Waals surface area contributed by atoms with E-state index in [0.717, 1.165) is 6.08 Å². The van der Waals surface area contributed by atoms with Gasteiger partial charge < -0.3 is 9.16 Å². The summed E-state index contributed by atoms with van der Waals surface area (Å²) in [5, 5.41) is 0.0309. The minimum Gasteiger partial charge on any atom is -0.493 e. The van der Waals surface area contributed by atoms with E-state index in [2.05, 4.69) is 33.9 Å². The first-order valence-corrected chi connectivity index (χ1v) is 8.89. The van der Waals surface area contributed by atoms with Crippen molar-refractivity contribution in [1.29, 1.82) is 0 Å². The third-order valence-electron chi connectivity index (χ3n) is 3.33. The van der Waals surface area contributed by atoms with Crippen LogP contribution < -0.4 is 0 Å². The smallest absolute Gasteiger partial charge is 0.224 e.